The maximum absolute atomic E-state index is 13.3. The van der Waals surface area contributed by atoms with Crippen molar-refractivity contribution in [3.8, 4) is 0 Å². The molecular weight excluding hydrogens is 490 g/mol. The number of carbonyl (C=O) groups excluding carboxylic acids is 1. The first-order valence-electron chi connectivity index (χ1n) is 13.3. The van der Waals surface area contributed by atoms with Crippen LogP contribution in [0.5, 0.6) is 0 Å². The molecule has 2 N–H and O–H groups in total. The van der Waals surface area contributed by atoms with E-state index in [1.165, 1.54) is 0 Å². The molecule has 1 heterocycles. The lowest BCUT2D eigenvalue weighted by Crippen LogP contribution is -2.36. The Morgan fingerprint density at radius 3 is 2.26 bits per heavy atom. The minimum atomic E-state index is -0.271. The van der Waals surface area contributed by atoms with Gasteiger partial charge in [-0.1, -0.05) is 60.7 Å². The molecule has 196 valence electrons. The van der Waals surface area contributed by atoms with E-state index in [1.807, 2.05) is 85.7 Å². The highest BCUT2D eigenvalue weighted by Gasteiger charge is 2.26. The molecule has 6 nitrogen and oxygen atoms in total. The van der Waals surface area contributed by atoms with Crippen LogP contribution < -0.4 is 15.5 Å². The molecule has 1 amide bonds. The molecule has 1 aromatic heterocycles. The third-order valence-electron chi connectivity index (χ3n) is 7.09. The zero-order chi connectivity index (χ0) is 26.3. The van der Waals surface area contributed by atoms with Crippen LogP contribution >= 0.6 is 11.8 Å². The number of aromatic nitrogens is 2. The summed E-state index contributed by atoms with van der Waals surface area (Å²) in [4.78, 5) is 26.0. The molecular formula is C31H35N5OS. The molecule has 1 fully saturated rings. The second kappa shape index (κ2) is 12.3. The molecule has 5 rings (SSSR count). The molecule has 0 radical (unpaired) electrons. The summed E-state index contributed by atoms with van der Waals surface area (Å²) in [6.07, 6.45) is 4.20. The quantitative estimate of drug-likeness (QED) is 0.249. The summed E-state index contributed by atoms with van der Waals surface area (Å²) in [6, 6.07) is 28.7. The highest BCUT2D eigenvalue weighted by atomic mass is 32.2. The van der Waals surface area contributed by atoms with E-state index >= 15 is 0 Å². The molecule has 0 saturated heterocycles. The molecule has 4 aromatic rings. The Morgan fingerprint density at radius 1 is 0.895 bits per heavy atom. The van der Waals surface area contributed by atoms with Gasteiger partial charge in [0, 0.05) is 37.0 Å². The summed E-state index contributed by atoms with van der Waals surface area (Å²) in [5.74, 6) is 2.17. The number of carbonyl (C=O) groups is 1. The lowest BCUT2D eigenvalue weighted by molar-refractivity contribution is -0.120. The maximum Gasteiger partial charge on any atom is 0.238 e. The van der Waals surface area contributed by atoms with Gasteiger partial charge in [0.15, 0.2) is 0 Å². The highest BCUT2D eigenvalue weighted by Crippen LogP contribution is 2.35. The van der Waals surface area contributed by atoms with Crippen LogP contribution in [0.2, 0.25) is 0 Å². The van der Waals surface area contributed by atoms with Gasteiger partial charge in [0.25, 0.3) is 0 Å². The van der Waals surface area contributed by atoms with Crippen molar-refractivity contribution in [1.82, 2.24) is 15.3 Å². The van der Waals surface area contributed by atoms with Crippen molar-refractivity contribution in [2.45, 2.75) is 41.9 Å². The molecule has 0 spiro atoms. The van der Waals surface area contributed by atoms with E-state index in [-0.39, 0.29) is 11.2 Å². The van der Waals surface area contributed by atoms with Crippen LogP contribution in [-0.2, 0) is 4.79 Å². The van der Waals surface area contributed by atoms with Crippen LogP contribution in [0.4, 0.5) is 11.8 Å². The number of anilines is 2. The molecule has 1 aliphatic rings. The molecule has 1 saturated carbocycles. The zero-order valence-electron chi connectivity index (χ0n) is 22.0. The van der Waals surface area contributed by atoms with Gasteiger partial charge in [0.1, 0.15) is 11.1 Å². The van der Waals surface area contributed by atoms with Crippen molar-refractivity contribution in [3.05, 3.63) is 90.5 Å². The number of hydrogen-bond acceptors (Lipinski definition) is 6. The fraction of sp³-hybridized carbons (Fsp3) is 0.323. The smallest absolute Gasteiger partial charge is 0.238 e. The van der Waals surface area contributed by atoms with Crippen molar-refractivity contribution in [3.63, 3.8) is 0 Å². The minimum absolute atomic E-state index is 0.0751. The van der Waals surface area contributed by atoms with E-state index in [0.29, 0.717) is 24.5 Å². The summed E-state index contributed by atoms with van der Waals surface area (Å²) in [7, 11) is 4.03. The van der Waals surface area contributed by atoms with E-state index in [2.05, 4.69) is 28.8 Å². The zero-order valence-corrected chi connectivity index (χ0v) is 22.8. The van der Waals surface area contributed by atoms with E-state index in [0.717, 1.165) is 52.9 Å². The van der Waals surface area contributed by atoms with Crippen LogP contribution in [0.3, 0.4) is 0 Å². The molecule has 7 heteroatoms. The molecule has 3 aromatic carbocycles. The Bertz CT molecular complexity index is 1340. The van der Waals surface area contributed by atoms with Crippen LogP contribution in [0.15, 0.2) is 89.8 Å². The van der Waals surface area contributed by atoms with Gasteiger partial charge < -0.3 is 15.5 Å². The van der Waals surface area contributed by atoms with Crippen LogP contribution in [0.25, 0.3) is 10.9 Å². The fourth-order valence-electron chi connectivity index (χ4n) is 5.03. The lowest BCUT2D eigenvalue weighted by Gasteiger charge is -2.30. The summed E-state index contributed by atoms with van der Waals surface area (Å²) in [5, 5.41) is 7.63. The fourth-order valence-corrected chi connectivity index (χ4v) is 6.10. The van der Waals surface area contributed by atoms with Gasteiger partial charge in [-0.25, -0.2) is 4.98 Å². The molecule has 38 heavy (non-hydrogen) atoms. The van der Waals surface area contributed by atoms with Gasteiger partial charge in [-0.3, -0.25) is 4.79 Å². The van der Waals surface area contributed by atoms with Crippen molar-refractivity contribution < 1.29 is 4.79 Å². The number of fused-ring (bicyclic) bond motifs is 1. The first-order chi connectivity index (χ1) is 18.6. The predicted molar refractivity (Wildman–Crippen MR) is 158 cm³/mol. The Morgan fingerprint density at radius 2 is 1.55 bits per heavy atom. The monoisotopic (exact) mass is 525 g/mol. The molecule has 1 aliphatic carbocycles. The van der Waals surface area contributed by atoms with Crippen LogP contribution in [0, 0.1) is 5.92 Å². The summed E-state index contributed by atoms with van der Waals surface area (Å²) in [5.41, 5.74) is 1.98. The van der Waals surface area contributed by atoms with Crippen LogP contribution in [0.1, 0.15) is 36.5 Å². The topological polar surface area (TPSA) is 70.2 Å². The average Bonchev–Trinajstić information content (AvgIpc) is 2.96. The minimum Gasteiger partial charge on any atom is -0.362 e. The molecule has 0 bridgehead atoms. The average molecular weight is 526 g/mol. The van der Waals surface area contributed by atoms with Crippen LogP contribution in [-0.4, -0.2) is 42.6 Å². The molecule has 1 atom stereocenters. The number of nitrogens with one attached hydrogen (secondary N) is 2. The van der Waals surface area contributed by atoms with Gasteiger partial charge in [-0.2, -0.15) is 4.98 Å². The Balaban J connectivity index is 1.16. The van der Waals surface area contributed by atoms with Crippen molar-refractivity contribution in [2.75, 3.05) is 30.9 Å². The number of benzene rings is 3. The van der Waals surface area contributed by atoms with Crippen molar-refractivity contribution in [2.24, 2.45) is 5.92 Å². The summed E-state index contributed by atoms with van der Waals surface area (Å²) in [6.45, 7) is 0.710. The number of para-hydroxylation sites is 1. The number of thioether (sulfide) groups is 1. The van der Waals surface area contributed by atoms with Gasteiger partial charge in [0.05, 0.1) is 5.52 Å². The third kappa shape index (κ3) is 6.45. The SMILES string of the molecule is CN(C)c1nc(NC2CCC(CNC(=O)C(Sc3ccccc3)c3ccccc3)CC2)nc2ccccc12. The summed E-state index contributed by atoms with van der Waals surface area (Å²) >= 11 is 1.60. The molecule has 1 unspecified atom stereocenters. The first kappa shape index (κ1) is 26.0. The largest absolute Gasteiger partial charge is 0.362 e. The number of hydrogen-bond donors (Lipinski definition) is 2. The Labute approximate surface area is 229 Å². The van der Waals surface area contributed by atoms with E-state index < -0.39 is 0 Å². The normalized spacial score (nSPS) is 18.1. The second-order valence-electron chi connectivity index (χ2n) is 10.1. The Kier molecular flexibility index (Phi) is 8.44. The first-order valence-corrected chi connectivity index (χ1v) is 14.2. The number of amides is 1. The van der Waals surface area contributed by atoms with E-state index in [9.17, 15) is 4.79 Å². The number of rotatable bonds is 9. The van der Waals surface area contributed by atoms with Gasteiger partial charge in [-0.15, -0.1) is 11.8 Å². The Hall–Kier alpha value is -3.58. The second-order valence-corrected chi connectivity index (χ2v) is 11.3. The van der Waals surface area contributed by atoms with Gasteiger partial charge >= 0.3 is 0 Å². The van der Waals surface area contributed by atoms with E-state index in [4.69, 9.17) is 9.97 Å². The van der Waals surface area contributed by atoms with E-state index in [1.54, 1.807) is 11.8 Å². The third-order valence-corrected chi connectivity index (χ3v) is 8.36. The van der Waals surface area contributed by atoms with Gasteiger partial charge in [0.2, 0.25) is 11.9 Å². The molecule has 0 aliphatic heterocycles. The summed E-state index contributed by atoms with van der Waals surface area (Å²) < 4.78 is 0. The van der Waals surface area contributed by atoms with Crippen molar-refractivity contribution in [1.29, 1.82) is 0 Å². The van der Waals surface area contributed by atoms with Gasteiger partial charge in [-0.05, 0) is 61.4 Å². The van der Waals surface area contributed by atoms with Crippen molar-refractivity contribution >= 4 is 40.3 Å². The predicted octanol–water partition coefficient (Wildman–Crippen LogP) is 6.32. The number of nitrogens with zero attached hydrogens (tertiary/aromatic N) is 3. The lowest BCUT2D eigenvalue weighted by atomic mass is 9.86. The standard InChI is InChI=1S/C31H35N5OS/c1-36(2)29-26-15-9-10-16-27(26)34-31(35-29)33-24-19-17-22(18-20-24)21-32-30(37)28(23-11-5-3-6-12-23)38-25-13-7-4-8-14-25/h3-16,22,24,28H,17-21H2,1-2H3,(H,32,37)(H,33,34,35). The maximum atomic E-state index is 13.3. The highest BCUT2D eigenvalue weighted by molar-refractivity contribution is 8.00.